The number of carbonyl (C=O) groups is 2. The van der Waals surface area contributed by atoms with E-state index in [1.54, 1.807) is 5.32 Å². The Morgan fingerprint density at radius 1 is 1.23 bits per heavy atom. The molecule has 0 saturated carbocycles. The molecule has 1 atom stereocenters. The fourth-order valence-electron chi connectivity index (χ4n) is 0.559. The number of carboxylic acid groups (broad SMARTS) is 2. The molecule has 0 aromatic rings. The van der Waals surface area contributed by atoms with E-state index < -0.39 is 31.2 Å². The first-order valence-electron chi connectivity index (χ1n) is 3.18. The molecule has 0 aliphatic heterocycles. The van der Waals surface area contributed by atoms with Crippen molar-refractivity contribution in [3.8, 4) is 0 Å². The molecule has 0 rings (SSSR count). The van der Waals surface area contributed by atoms with Crippen LogP contribution in [-0.4, -0.2) is 41.4 Å². The minimum atomic E-state index is -2.96. The first-order valence-corrected chi connectivity index (χ1v) is 3.18. The number of halogens is 2. The molecule has 0 aromatic heterocycles. The van der Waals surface area contributed by atoms with Gasteiger partial charge in [-0.2, -0.15) is 0 Å². The van der Waals surface area contributed by atoms with E-state index in [0.717, 1.165) is 0 Å². The van der Waals surface area contributed by atoms with Gasteiger partial charge in [0.1, 0.15) is 6.04 Å². The summed E-state index contributed by atoms with van der Waals surface area (Å²) < 4.78 is 23.9. The van der Waals surface area contributed by atoms with Gasteiger partial charge < -0.3 is 20.8 Å². The predicted molar refractivity (Wildman–Crippen MR) is 37.0 cm³/mol. The third-order valence-electron chi connectivity index (χ3n) is 1.09. The van der Waals surface area contributed by atoms with Crippen LogP contribution in [0.3, 0.4) is 0 Å². The van der Waals surface area contributed by atoms with Gasteiger partial charge >= 0.3 is 12.2 Å². The summed E-state index contributed by atoms with van der Waals surface area (Å²) in [6.07, 6.45) is -6.07. The minimum absolute atomic E-state index is 0.667. The molecule has 0 spiro atoms. The number of rotatable bonds is 4. The van der Waals surface area contributed by atoms with Crippen molar-refractivity contribution in [1.29, 1.82) is 0 Å². The van der Waals surface area contributed by atoms with Crippen molar-refractivity contribution in [3.05, 3.63) is 0 Å². The topological polar surface area (TPSA) is 98.7 Å². The van der Waals surface area contributed by atoms with Crippen LogP contribution in [0, 0.1) is 0 Å². The van der Waals surface area contributed by atoms with Crippen LogP contribution in [0.4, 0.5) is 18.4 Å². The third kappa shape index (κ3) is 5.65. The number of amides is 2. The summed E-state index contributed by atoms with van der Waals surface area (Å²) in [5.41, 5.74) is 0. The highest BCUT2D eigenvalue weighted by Crippen LogP contribution is 1.99. The van der Waals surface area contributed by atoms with E-state index in [4.69, 9.17) is 10.2 Å². The van der Waals surface area contributed by atoms with Crippen LogP contribution in [0.15, 0.2) is 0 Å². The first-order chi connectivity index (χ1) is 5.93. The summed E-state index contributed by atoms with van der Waals surface area (Å²) in [5, 5.41) is 19.2. The first kappa shape index (κ1) is 11.4. The highest BCUT2D eigenvalue weighted by atomic mass is 19.3. The molecule has 1 unspecified atom stereocenters. The average molecular weight is 198 g/mol. The second-order valence-electron chi connectivity index (χ2n) is 2.08. The minimum Gasteiger partial charge on any atom is -0.465 e. The molecular weight excluding hydrogens is 190 g/mol. The molecule has 6 nitrogen and oxygen atoms in total. The van der Waals surface area contributed by atoms with Crippen LogP contribution < -0.4 is 10.6 Å². The molecule has 0 aliphatic carbocycles. The van der Waals surface area contributed by atoms with Crippen molar-refractivity contribution in [2.75, 3.05) is 6.54 Å². The van der Waals surface area contributed by atoms with Crippen molar-refractivity contribution in [2.24, 2.45) is 0 Å². The van der Waals surface area contributed by atoms with Crippen LogP contribution in [0.5, 0.6) is 0 Å². The zero-order chi connectivity index (χ0) is 10.4. The summed E-state index contributed by atoms with van der Waals surface area (Å²) in [6, 6.07) is -1.73. The standard InChI is InChI=1S/C5H8F2N2O4/c6-3(7)2(9-5(12)13)1-8-4(10)11/h2-3,8-9H,1H2,(H,10,11)(H,12,13). The second kappa shape index (κ2) is 5.12. The highest BCUT2D eigenvalue weighted by molar-refractivity contribution is 5.66. The summed E-state index contributed by atoms with van der Waals surface area (Å²) in [6.45, 7) is -0.667. The van der Waals surface area contributed by atoms with Gasteiger partial charge in [-0.25, -0.2) is 18.4 Å². The Morgan fingerprint density at radius 3 is 2.08 bits per heavy atom. The van der Waals surface area contributed by atoms with E-state index in [-0.39, 0.29) is 0 Å². The lowest BCUT2D eigenvalue weighted by molar-refractivity contribution is 0.0932. The molecule has 2 amide bonds. The Morgan fingerprint density at radius 2 is 1.77 bits per heavy atom. The van der Waals surface area contributed by atoms with Gasteiger partial charge in [-0.1, -0.05) is 0 Å². The Bertz CT molecular complexity index is 199. The number of hydrogen-bond acceptors (Lipinski definition) is 2. The SMILES string of the molecule is O=C(O)NCC(NC(=O)O)C(F)F. The molecule has 8 heteroatoms. The van der Waals surface area contributed by atoms with Crippen molar-refractivity contribution in [1.82, 2.24) is 10.6 Å². The maximum atomic E-state index is 12.0. The number of alkyl halides is 2. The van der Waals surface area contributed by atoms with Gasteiger partial charge in [0.05, 0.1) is 0 Å². The summed E-state index contributed by atoms with van der Waals surface area (Å²) in [7, 11) is 0. The lowest BCUT2D eigenvalue weighted by Crippen LogP contribution is -2.47. The second-order valence-corrected chi connectivity index (χ2v) is 2.08. The van der Waals surface area contributed by atoms with Crippen molar-refractivity contribution in [3.63, 3.8) is 0 Å². The zero-order valence-corrected chi connectivity index (χ0v) is 6.33. The molecule has 0 heterocycles. The highest BCUT2D eigenvalue weighted by Gasteiger charge is 2.22. The van der Waals surface area contributed by atoms with Gasteiger partial charge in [0.2, 0.25) is 0 Å². The third-order valence-corrected chi connectivity index (χ3v) is 1.09. The largest absolute Gasteiger partial charge is 0.465 e. The molecule has 0 aromatic carbocycles. The predicted octanol–water partition coefficient (Wildman–Crippen LogP) is 0.155. The number of nitrogens with one attached hydrogen (secondary N) is 2. The van der Waals surface area contributed by atoms with Gasteiger partial charge in [0.25, 0.3) is 6.43 Å². The summed E-state index contributed by atoms with van der Waals surface area (Å²) in [4.78, 5) is 19.8. The zero-order valence-electron chi connectivity index (χ0n) is 6.33. The van der Waals surface area contributed by atoms with Crippen molar-refractivity contribution < 1.29 is 28.6 Å². The van der Waals surface area contributed by atoms with Crippen molar-refractivity contribution >= 4 is 12.2 Å². The van der Waals surface area contributed by atoms with Crippen LogP contribution in [0.25, 0.3) is 0 Å². The Hall–Kier alpha value is -1.60. The van der Waals surface area contributed by atoms with E-state index in [1.807, 2.05) is 0 Å². The molecule has 0 radical (unpaired) electrons. The van der Waals surface area contributed by atoms with Gasteiger partial charge in [0.15, 0.2) is 0 Å². The molecule has 0 aliphatic rings. The van der Waals surface area contributed by atoms with Crippen molar-refractivity contribution in [2.45, 2.75) is 12.5 Å². The van der Waals surface area contributed by atoms with Crippen LogP contribution >= 0.6 is 0 Å². The molecular formula is C5H8F2N2O4. The van der Waals surface area contributed by atoms with E-state index in [2.05, 4.69) is 0 Å². The lowest BCUT2D eigenvalue weighted by Gasteiger charge is -2.14. The Labute approximate surface area is 71.5 Å². The molecule has 13 heavy (non-hydrogen) atoms. The maximum Gasteiger partial charge on any atom is 0.405 e. The Balaban J connectivity index is 3.95. The molecule has 76 valence electrons. The van der Waals surface area contributed by atoms with E-state index >= 15 is 0 Å². The van der Waals surface area contributed by atoms with Crippen LogP contribution in [0.1, 0.15) is 0 Å². The lowest BCUT2D eigenvalue weighted by atomic mass is 10.3. The molecule has 4 N–H and O–H groups in total. The van der Waals surface area contributed by atoms with Gasteiger partial charge in [0, 0.05) is 6.54 Å². The fraction of sp³-hybridized carbons (Fsp3) is 0.600. The smallest absolute Gasteiger partial charge is 0.405 e. The van der Waals surface area contributed by atoms with E-state index in [9.17, 15) is 18.4 Å². The average Bonchev–Trinajstić information content (AvgIpc) is 1.96. The van der Waals surface area contributed by atoms with Crippen LogP contribution in [0.2, 0.25) is 0 Å². The quantitative estimate of drug-likeness (QED) is 0.516. The molecule has 0 saturated heterocycles. The molecule has 0 bridgehead atoms. The fourth-order valence-corrected chi connectivity index (χ4v) is 0.559. The molecule has 0 fully saturated rings. The monoisotopic (exact) mass is 198 g/mol. The Kier molecular flexibility index (Phi) is 4.49. The van der Waals surface area contributed by atoms with E-state index in [1.165, 1.54) is 5.32 Å². The number of hydrogen-bond donors (Lipinski definition) is 4. The van der Waals surface area contributed by atoms with Gasteiger partial charge in [-0.3, -0.25) is 0 Å². The summed E-state index contributed by atoms with van der Waals surface area (Å²) >= 11 is 0. The van der Waals surface area contributed by atoms with Gasteiger partial charge in [-0.05, 0) is 0 Å². The normalized spacial score (nSPS) is 12.2. The van der Waals surface area contributed by atoms with E-state index in [0.29, 0.717) is 0 Å². The summed E-state index contributed by atoms with van der Waals surface area (Å²) in [5.74, 6) is 0. The maximum absolute atomic E-state index is 12.0. The van der Waals surface area contributed by atoms with Crippen LogP contribution in [-0.2, 0) is 0 Å². The van der Waals surface area contributed by atoms with Gasteiger partial charge in [-0.15, -0.1) is 0 Å².